The molecule has 1 saturated carbocycles. The van der Waals surface area contributed by atoms with Crippen LogP contribution in [0.4, 0.5) is 0 Å². The van der Waals surface area contributed by atoms with Crippen molar-refractivity contribution in [2.24, 2.45) is 10.8 Å². The van der Waals surface area contributed by atoms with Crippen molar-refractivity contribution in [1.29, 1.82) is 0 Å². The van der Waals surface area contributed by atoms with Gasteiger partial charge in [0.2, 0.25) is 0 Å². The minimum atomic E-state index is 0.0900. The molecule has 1 aliphatic heterocycles. The van der Waals surface area contributed by atoms with E-state index < -0.39 is 0 Å². The van der Waals surface area contributed by atoms with E-state index in [2.05, 4.69) is 33.0 Å². The zero-order valence-corrected chi connectivity index (χ0v) is 12.6. The van der Waals surface area contributed by atoms with E-state index in [0.29, 0.717) is 11.5 Å². The van der Waals surface area contributed by atoms with Gasteiger partial charge in [0.1, 0.15) is 0 Å². The number of nitrogens with one attached hydrogen (secondary N) is 1. The van der Waals surface area contributed by atoms with Gasteiger partial charge in [-0.05, 0) is 30.1 Å². The summed E-state index contributed by atoms with van der Waals surface area (Å²) in [7, 11) is 1.79. The maximum atomic E-state index is 6.17. The van der Waals surface area contributed by atoms with Gasteiger partial charge in [0.05, 0.1) is 18.8 Å². The van der Waals surface area contributed by atoms with Crippen LogP contribution in [0.25, 0.3) is 0 Å². The maximum absolute atomic E-state index is 6.17. The second kappa shape index (κ2) is 4.77. The number of hydrogen-bond donors (Lipinski definition) is 1. The molecule has 2 aliphatic rings. The molecule has 0 aromatic heterocycles. The monoisotopic (exact) mass is 255 g/mol. The number of methoxy groups -OCH3 is 1. The quantitative estimate of drug-likeness (QED) is 0.837. The molecule has 1 atom stereocenters. The Bertz CT molecular complexity index is 291. The minimum absolute atomic E-state index is 0.0900. The summed E-state index contributed by atoms with van der Waals surface area (Å²) in [6.07, 6.45) is 3.48. The van der Waals surface area contributed by atoms with Crippen LogP contribution in [0.5, 0.6) is 0 Å². The Morgan fingerprint density at radius 3 is 2.56 bits per heavy atom. The van der Waals surface area contributed by atoms with Crippen LogP contribution in [0.3, 0.4) is 0 Å². The Morgan fingerprint density at radius 1 is 1.33 bits per heavy atom. The fourth-order valence-electron chi connectivity index (χ4n) is 3.95. The summed E-state index contributed by atoms with van der Waals surface area (Å²) in [5.41, 5.74) is 0.745. The van der Waals surface area contributed by atoms with Gasteiger partial charge < -0.3 is 14.8 Å². The molecule has 3 nitrogen and oxygen atoms in total. The molecule has 0 aromatic rings. The van der Waals surface area contributed by atoms with Crippen LogP contribution in [0.15, 0.2) is 0 Å². The normalized spacial score (nSPS) is 30.2. The van der Waals surface area contributed by atoms with Gasteiger partial charge in [0, 0.05) is 19.7 Å². The van der Waals surface area contributed by atoms with Gasteiger partial charge in [-0.25, -0.2) is 0 Å². The SMILES string of the molecule is COCC(C)(C)CC1NCCOC12CC(C)(C)C2. The summed E-state index contributed by atoms with van der Waals surface area (Å²) in [6, 6.07) is 0.476. The second-order valence-corrected chi connectivity index (χ2v) is 7.74. The Balaban J connectivity index is 2.01. The van der Waals surface area contributed by atoms with Crippen LogP contribution >= 0.6 is 0 Å². The molecular weight excluding hydrogens is 226 g/mol. The first-order valence-corrected chi connectivity index (χ1v) is 7.15. The average molecular weight is 255 g/mol. The van der Waals surface area contributed by atoms with E-state index in [1.54, 1.807) is 7.11 Å². The van der Waals surface area contributed by atoms with Crippen LogP contribution < -0.4 is 5.32 Å². The van der Waals surface area contributed by atoms with Crippen molar-refractivity contribution in [3.63, 3.8) is 0 Å². The van der Waals surface area contributed by atoms with Gasteiger partial charge >= 0.3 is 0 Å². The number of morpholine rings is 1. The Hall–Kier alpha value is -0.120. The first-order valence-electron chi connectivity index (χ1n) is 7.15. The van der Waals surface area contributed by atoms with Crippen LogP contribution in [-0.4, -0.2) is 38.5 Å². The lowest BCUT2D eigenvalue weighted by atomic mass is 9.56. The minimum Gasteiger partial charge on any atom is -0.384 e. The molecule has 1 N–H and O–H groups in total. The third-order valence-corrected chi connectivity index (χ3v) is 4.36. The molecule has 1 spiro atoms. The summed E-state index contributed by atoms with van der Waals surface area (Å²) in [4.78, 5) is 0. The molecule has 2 fully saturated rings. The highest BCUT2D eigenvalue weighted by Crippen LogP contribution is 2.54. The van der Waals surface area contributed by atoms with E-state index in [1.165, 1.54) is 12.8 Å². The highest BCUT2D eigenvalue weighted by atomic mass is 16.5. The summed E-state index contributed by atoms with van der Waals surface area (Å²) in [6.45, 7) is 11.9. The molecular formula is C15H29NO2. The molecule has 1 unspecified atom stereocenters. The van der Waals surface area contributed by atoms with E-state index >= 15 is 0 Å². The van der Waals surface area contributed by atoms with E-state index in [4.69, 9.17) is 9.47 Å². The third kappa shape index (κ3) is 2.89. The van der Waals surface area contributed by atoms with E-state index in [-0.39, 0.29) is 11.0 Å². The van der Waals surface area contributed by atoms with Crippen molar-refractivity contribution < 1.29 is 9.47 Å². The molecule has 106 valence electrons. The van der Waals surface area contributed by atoms with Crippen LogP contribution in [0, 0.1) is 10.8 Å². The lowest BCUT2D eigenvalue weighted by molar-refractivity contribution is -0.199. The largest absolute Gasteiger partial charge is 0.384 e. The fraction of sp³-hybridized carbons (Fsp3) is 1.00. The van der Waals surface area contributed by atoms with Crippen molar-refractivity contribution in [3.05, 3.63) is 0 Å². The lowest BCUT2D eigenvalue weighted by Crippen LogP contribution is -2.67. The molecule has 3 heteroatoms. The van der Waals surface area contributed by atoms with Crippen molar-refractivity contribution in [1.82, 2.24) is 5.32 Å². The summed E-state index contributed by atoms with van der Waals surface area (Å²) >= 11 is 0. The first kappa shape index (κ1) is 14.3. The lowest BCUT2D eigenvalue weighted by Gasteiger charge is -2.59. The molecule has 1 saturated heterocycles. The first-order chi connectivity index (χ1) is 8.29. The molecule has 0 amide bonds. The van der Waals surface area contributed by atoms with Crippen molar-refractivity contribution in [2.45, 2.75) is 58.6 Å². The molecule has 0 aromatic carbocycles. The predicted molar refractivity (Wildman–Crippen MR) is 73.8 cm³/mol. The van der Waals surface area contributed by atoms with Gasteiger partial charge in [-0.2, -0.15) is 0 Å². The number of rotatable bonds is 4. The smallest absolute Gasteiger partial charge is 0.0845 e. The molecule has 1 aliphatic carbocycles. The number of hydrogen-bond acceptors (Lipinski definition) is 3. The van der Waals surface area contributed by atoms with Crippen molar-refractivity contribution >= 4 is 0 Å². The standard InChI is InChI=1S/C15H29NO2/c1-13(2,11-17-5)8-12-15(18-7-6-16-12)9-14(3,4)10-15/h12,16H,6-11H2,1-5H3. The Morgan fingerprint density at radius 2 is 2.00 bits per heavy atom. The summed E-state index contributed by atoms with van der Waals surface area (Å²) in [5, 5.41) is 3.68. The Kier molecular flexibility index (Phi) is 3.79. The summed E-state index contributed by atoms with van der Waals surface area (Å²) in [5.74, 6) is 0. The van der Waals surface area contributed by atoms with Gasteiger partial charge in [-0.3, -0.25) is 0 Å². The Labute approximate surface area is 112 Å². The second-order valence-electron chi connectivity index (χ2n) is 7.74. The van der Waals surface area contributed by atoms with E-state index in [9.17, 15) is 0 Å². The van der Waals surface area contributed by atoms with Gasteiger partial charge in [0.25, 0.3) is 0 Å². The van der Waals surface area contributed by atoms with Crippen LogP contribution in [0.1, 0.15) is 47.0 Å². The molecule has 2 rings (SSSR count). The summed E-state index contributed by atoms with van der Waals surface area (Å²) < 4.78 is 11.5. The van der Waals surface area contributed by atoms with E-state index in [1.807, 2.05) is 0 Å². The molecule has 18 heavy (non-hydrogen) atoms. The van der Waals surface area contributed by atoms with Gasteiger partial charge in [-0.1, -0.05) is 27.7 Å². The van der Waals surface area contributed by atoms with E-state index in [0.717, 1.165) is 26.2 Å². The topological polar surface area (TPSA) is 30.5 Å². The fourth-order valence-corrected chi connectivity index (χ4v) is 3.95. The molecule has 0 radical (unpaired) electrons. The average Bonchev–Trinajstić information content (AvgIpc) is 2.18. The zero-order valence-electron chi connectivity index (χ0n) is 12.6. The highest BCUT2D eigenvalue weighted by molar-refractivity contribution is 5.10. The molecule has 1 heterocycles. The molecule has 0 bridgehead atoms. The zero-order chi connectivity index (χ0) is 13.4. The van der Waals surface area contributed by atoms with Crippen molar-refractivity contribution in [3.8, 4) is 0 Å². The van der Waals surface area contributed by atoms with Gasteiger partial charge in [0.15, 0.2) is 0 Å². The van der Waals surface area contributed by atoms with Crippen molar-refractivity contribution in [2.75, 3.05) is 26.9 Å². The van der Waals surface area contributed by atoms with Crippen LogP contribution in [0.2, 0.25) is 0 Å². The maximum Gasteiger partial charge on any atom is 0.0845 e. The van der Waals surface area contributed by atoms with Gasteiger partial charge in [-0.15, -0.1) is 0 Å². The third-order valence-electron chi connectivity index (χ3n) is 4.36. The predicted octanol–water partition coefficient (Wildman–Crippen LogP) is 2.60. The number of ether oxygens (including phenoxy) is 2. The highest BCUT2D eigenvalue weighted by Gasteiger charge is 2.56. The van der Waals surface area contributed by atoms with Crippen LogP contribution in [-0.2, 0) is 9.47 Å².